The number of aryl methyl sites for hydroxylation is 3. The van der Waals surface area contributed by atoms with Crippen molar-refractivity contribution in [1.29, 1.82) is 0 Å². The molecule has 0 spiro atoms. The highest BCUT2D eigenvalue weighted by atomic mass is 16.5. The first kappa shape index (κ1) is 15.8. The number of hydrogen-bond donors (Lipinski definition) is 0. The number of carbonyl (C=O) groups excluding carboxylic acids is 1. The highest BCUT2D eigenvalue weighted by molar-refractivity contribution is 5.85. The van der Waals surface area contributed by atoms with Gasteiger partial charge in [-0.15, -0.1) is 5.10 Å². The molecule has 0 aliphatic heterocycles. The van der Waals surface area contributed by atoms with E-state index in [0.717, 1.165) is 28.8 Å². The molecule has 1 amide bonds. The Morgan fingerprint density at radius 3 is 2.83 bits per heavy atom. The summed E-state index contributed by atoms with van der Waals surface area (Å²) in [5.74, 6) is 1.14. The minimum absolute atomic E-state index is 0.00609. The number of carbonyl (C=O) groups is 1. The summed E-state index contributed by atoms with van der Waals surface area (Å²) >= 11 is 0. The van der Waals surface area contributed by atoms with Crippen molar-refractivity contribution in [3.8, 4) is 5.88 Å². The quantitative estimate of drug-likeness (QED) is 0.848. The number of rotatable bonds is 5. The first-order chi connectivity index (χ1) is 11.0. The summed E-state index contributed by atoms with van der Waals surface area (Å²) in [5.41, 5.74) is 2.79. The molecule has 3 rings (SSSR count). The fourth-order valence-electron chi connectivity index (χ4n) is 3.05. The molecule has 2 heterocycles. The Hall–Kier alpha value is -2.11. The lowest BCUT2D eigenvalue weighted by Crippen LogP contribution is -2.37. The average Bonchev–Trinajstić information content (AvgIpc) is 2.76. The van der Waals surface area contributed by atoms with E-state index >= 15 is 0 Å². The lowest BCUT2D eigenvalue weighted by atomic mass is 9.85. The molecule has 1 aliphatic rings. The van der Waals surface area contributed by atoms with Crippen LogP contribution in [0.2, 0.25) is 0 Å². The van der Waals surface area contributed by atoms with Crippen molar-refractivity contribution in [1.82, 2.24) is 19.7 Å². The van der Waals surface area contributed by atoms with Gasteiger partial charge >= 0.3 is 0 Å². The predicted octanol–water partition coefficient (Wildman–Crippen LogP) is 2.22. The van der Waals surface area contributed by atoms with Crippen molar-refractivity contribution < 1.29 is 9.53 Å². The van der Waals surface area contributed by atoms with Crippen LogP contribution < -0.4 is 4.74 Å². The molecular weight excluding hydrogens is 292 g/mol. The topological polar surface area (TPSA) is 60.2 Å². The van der Waals surface area contributed by atoms with Crippen LogP contribution in [0.4, 0.5) is 0 Å². The Kier molecular flexibility index (Phi) is 4.24. The molecule has 6 heteroatoms. The van der Waals surface area contributed by atoms with E-state index < -0.39 is 0 Å². The Morgan fingerprint density at radius 2 is 2.17 bits per heavy atom. The van der Waals surface area contributed by atoms with E-state index in [2.05, 4.69) is 10.1 Å². The second-order valence-corrected chi connectivity index (χ2v) is 6.57. The summed E-state index contributed by atoms with van der Waals surface area (Å²) in [6.07, 6.45) is 3.75. The summed E-state index contributed by atoms with van der Waals surface area (Å²) in [7, 11) is 3.68. The Morgan fingerprint density at radius 1 is 1.43 bits per heavy atom. The molecule has 2 aromatic rings. The number of aromatic nitrogens is 3. The van der Waals surface area contributed by atoms with E-state index in [0.29, 0.717) is 11.8 Å². The van der Waals surface area contributed by atoms with Crippen LogP contribution in [0.25, 0.3) is 11.0 Å². The number of amides is 1. The number of hydrogen-bond acceptors (Lipinski definition) is 4. The zero-order valence-electron chi connectivity index (χ0n) is 14.3. The van der Waals surface area contributed by atoms with Crippen molar-refractivity contribution in [2.45, 2.75) is 33.1 Å². The standard InChI is InChI=1S/C17H24N4O2/c1-11-8-12(2)18-16-15(11)17(19-21(16)4)23-10-14(22)20(3)9-13-6-5-7-13/h8,13H,5-7,9-10H2,1-4H3. The fourth-order valence-corrected chi connectivity index (χ4v) is 3.05. The second-order valence-electron chi connectivity index (χ2n) is 6.57. The van der Waals surface area contributed by atoms with E-state index in [-0.39, 0.29) is 12.5 Å². The minimum Gasteiger partial charge on any atom is -0.466 e. The third kappa shape index (κ3) is 3.16. The Bertz CT molecular complexity index is 734. The lowest BCUT2D eigenvalue weighted by molar-refractivity contribution is -0.133. The van der Waals surface area contributed by atoms with Gasteiger partial charge in [-0.25, -0.2) is 9.67 Å². The smallest absolute Gasteiger partial charge is 0.260 e. The molecule has 0 unspecified atom stereocenters. The Balaban J connectivity index is 1.70. The number of fused-ring (bicyclic) bond motifs is 1. The van der Waals surface area contributed by atoms with Crippen LogP contribution in [0.3, 0.4) is 0 Å². The van der Waals surface area contributed by atoms with Crippen LogP contribution >= 0.6 is 0 Å². The maximum absolute atomic E-state index is 12.2. The molecule has 0 atom stereocenters. The molecule has 1 aliphatic carbocycles. The molecule has 6 nitrogen and oxygen atoms in total. The summed E-state index contributed by atoms with van der Waals surface area (Å²) in [6.45, 7) is 4.81. The molecule has 124 valence electrons. The molecule has 0 N–H and O–H groups in total. The molecule has 1 fully saturated rings. The van der Waals surface area contributed by atoms with Gasteiger partial charge in [0, 0.05) is 26.3 Å². The predicted molar refractivity (Wildman–Crippen MR) is 88.5 cm³/mol. The van der Waals surface area contributed by atoms with Gasteiger partial charge in [-0.2, -0.15) is 0 Å². The molecule has 2 aromatic heterocycles. The van der Waals surface area contributed by atoms with Crippen LogP contribution in [0.15, 0.2) is 6.07 Å². The van der Waals surface area contributed by atoms with E-state index in [1.807, 2.05) is 34.0 Å². The van der Waals surface area contributed by atoms with Crippen LogP contribution in [0.5, 0.6) is 5.88 Å². The third-order valence-corrected chi connectivity index (χ3v) is 4.60. The van der Waals surface area contributed by atoms with Gasteiger partial charge in [0.25, 0.3) is 5.91 Å². The van der Waals surface area contributed by atoms with E-state index in [9.17, 15) is 4.79 Å². The van der Waals surface area contributed by atoms with Gasteiger partial charge in [0.05, 0.1) is 5.39 Å². The summed E-state index contributed by atoms with van der Waals surface area (Å²) < 4.78 is 7.42. The van der Waals surface area contributed by atoms with Gasteiger partial charge < -0.3 is 9.64 Å². The van der Waals surface area contributed by atoms with E-state index in [1.54, 1.807) is 9.58 Å². The van der Waals surface area contributed by atoms with Crippen LogP contribution in [0.1, 0.15) is 30.5 Å². The Labute approximate surface area is 136 Å². The molecule has 0 aromatic carbocycles. The summed E-state index contributed by atoms with van der Waals surface area (Å²) in [4.78, 5) is 18.5. The zero-order chi connectivity index (χ0) is 16.6. The minimum atomic E-state index is -0.00609. The van der Waals surface area contributed by atoms with Gasteiger partial charge in [-0.05, 0) is 44.2 Å². The van der Waals surface area contributed by atoms with Gasteiger partial charge in [-0.1, -0.05) is 6.42 Å². The van der Waals surface area contributed by atoms with Crippen molar-refractivity contribution in [3.05, 3.63) is 17.3 Å². The summed E-state index contributed by atoms with van der Waals surface area (Å²) in [6, 6.07) is 2.00. The van der Waals surface area contributed by atoms with Crippen molar-refractivity contribution >= 4 is 16.9 Å². The largest absolute Gasteiger partial charge is 0.466 e. The van der Waals surface area contributed by atoms with Gasteiger partial charge in [0.15, 0.2) is 12.3 Å². The lowest BCUT2D eigenvalue weighted by Gasteiger charge is -2.30. The second kappa shape index (κ2) is 6.18. The first-order valence-corrected chi connectivity index (χ1v) is 8.13. The molecule has 0 bridgehead atoms. The third-order valence-electron chi connectivity index (χ3n) is 4.60. The van der Waals surface area contributed by atoms with E-state index in [1.165, 1.54) is 19.3 Å². The van der Waals surface area contributed by atoms with Crippen LogP contribution in [-0.4, -0.2) is 45.8 Å². The maximum Gasteiger partial charge on any atom is 0.260 e. The van der Waals surface area contributed by atoms with E-state index in [4.69, 9.17) is 4.74 Å². The van der Waals surface area contributed by atoms with Crippen molar-refractivity contribution in [2.24, 2.45) is 13.0 Å². The molecule has 23 heavy (non-hydrogen) atoms. The van der Waals surface area contributed by atoms with Crippen molar-refractivity contribution in [2.75, 3.05) is 20.2 Å². The van der Waals surface area contributed by atoms with Gasteiger partial charge in [0.1, 0.15) is 0 Å². The van der Waals surface area contributed by atoms with Crippen molar-refractivity contribution in [3.63, 3.8) is 0 Å². The van der Waals surface area contributed by atoms with Gasteiger partial charge in [0.2, 0.25) is 5.88 Å². The first-order valence-electron chi connectivity index (χ1n) is 8.13. The highest BCUT2D eigenvalue weighted by Gasteiger charge is 2.22. The monoisotopic (exact) mass is 316 g/mol. The summed E-state index contributed by atoms with van der Waals surface area (Å²) in [5, 5.41) is 5.25. The number of likely N-dealkylation sites (N-methyl/N-ethyl adjacent to an activating group) is 1. The van der Waals surface area contributed by atoms with Crippen LogP contribution in [0, 0.1) is 19.8 Å². The molecular formula is C17H24N4O2. The number of ether oxygens (including phenoxy) is 1. The number of pyridine rings is 1. The van der Waals surface area contributed by atoms with Gasteiger partial charge in [-0.3, -0.25) is 4.79 Å². The SMILES string of the molecule is Cc1cc(C)c2c(OCC(=O)N(C)CC3CCC3)nn(C)c2n1. The highest BCUT2D eigenvalue weighted by Crippen LogP contribution is 2.28. The normalized spacial score (nSPS) is 14.8. The number of nitrogens with zero attached hydrogens (tertiary/aromatic N) is 4. The molecule has 0 saturated heterocycles. The molecule has 0 radical (unpaired) electrons. The zero-order valence-corrected chi connectivity index (χ0v) is 14.3. The fraction of sp³-hybridized carbons (Fsp3) is 0.588. The average molecular weight is 316 g/mol. The molecule has 1 saturated carbocycles. The van der Waals surface area contributed by atoms with Crippen LogP contribution in [-0.2, 0) is 11.8 Å². The maximum atomic E-state index is 12.2.